The van der Waals surface area contributed by atoms with Gasteiger partial charge in [-0.15, -0.1) is 0 Å². The maximum absolute atomic E-state index is 12.2. The standard InChI is InChI=1S/C19H37N5O3S/c1-2-20-19(23-16-8-11-24(12-9-16)17-6-7-17)21-10-14-28(25,26)22-15-18-5-3-4-13-27-18/h16-18,22H,2-15H2,1H3,(H2,20,21,23). The number of hydrogen-bond acceptors (Lipinski definition) is 5. The van der Waals surface area contributed by atoms with Gasteiger partial charge in [0.15, 0.2) is 5.96 Å². The first-order chi connectivity index (χ1) is 13.6. The van der Waals surface area contributed by atoms with Crippen molar-refractivity contribution in [2.75, 3.05) is 45.1 Å². The maximum atomic E-state index is 12.2. The van der Waals surface area contributed by atoms with Crippen LogP contribution in [0.1, 0.15) is 51.9 Å². The van der Waals surface area contributed by atoms with Gasteiger partial charge in [-0.2, -0.15) is 0 Å². The molecule has 2 aliphatic heterocycles. The third-order valence-electron chi connectivity index (χ3n) is 5.71. The number of sulfonamides is 1. The Bertz CT molecular complexity index is 595. The lowest BCUT2D eigenvalue weighted by Crippen LogP contribution is -2.49. The van der Waals surface area contributed by atoms with Crippen LogP contribution in [0, 0.1) is 0 Å². The normalized spacial score (nSPS) is 25.6. The molecule has 2 saturated heterocycles. The molecule has 9 heteroatoms. The number of nitrogens with zero attached hydrogens (tertiary/aromatic N) is 2. The number of likely N-dealkylation sites (tertiary alicyclic amines) is 1. The molecule has 3 fully saturated rings. The number of nitrogens with one attached hydrogen (secondary N) is 3. The summed E-state index contributed by atoms with van der Waals surface area (Å²) in [5.74, 6) is 0.717. The number of piperidine rings is 1. The van der Waals surface area contributed by atoms with Crippen LogP contribution < -0.4 is 15.4 Å². The zero-order chi connectivity index (χ0) is 19.8. The summed E-state index contributed by atoms with van der Waals surface area (Å²) in [7, 11) is -3.33. The summed E-state index contributed by atoms with van der Waals surface area (Å²) >= 11 is 0. The molecule has 0 amide bonds. The molecule has 28 heavy (non-hydrogen) atoms. The molecule has 0 aromatic rings. The zero-order valence-electron chi connectivity index (χ0n) is 17.2. The Morgan fingerprint density at radius 2 is 1.93 bits per heavy atom. The van der Waals surface area contributed by atoms with Crippen molar-refractivity contribution in [1.82, 2.24) is 20.3 Å². The van der Waals surface area contributed by atoms with E-state index in [-0.39, 0.29) is 18.4 Å². The van der Waals surface area contributed by atoms with Gasteiger partial charge in [0.25, 0.3) is 0 Å². The molecule has 1 saturated carbocycles. The summed E-state index contributed by atoms with van der Waals surface area (Å²) in [6, 6.07) is 1.24. The largest absolute Gasteiger partial charge is 0.377 e. The predicted molar refractivity (Wildman–Crippen MR) is 112 cm³/mol. The second-order valence-corrected chi connectivity index (χ2v) is 10.0. The highest BCUT2D eigenvalue weighted by Gasteiger charge is 2.31. The average Bonchev–Trinajstić information content (AvgIpc) is 3.53. The van der Waals surface area contributed by atoms with Crippen molar-refractivity contribution in [3.05, 3.63) is 0 Å². The molecule has 0 bridgehead atoms. The van der Waals surface area contributed by atoms with Gasteiger partial charge >= 0.3 is 0 Å². The van der Waals surface area contributed by atoms with E-state index >= 15 is 0 Å². The molecule has 3 aliphatic rings. The minimum Gasteiger partial charge on any atom is -0.377 e. The fourth-order valence-electron chi connectivity index (χ4n) is 3.90. The number of ether oxygens (including phenoxy) is 1. The molecule has 1 aliphatic carbocycles. The van der Waals surface area contributed by atoms with E-state index in [9.17, 15) is 8.42 Å². The summed E-state index contributed by atoms with van der Waals surface area (Å²) in [5, 5.41) is 6.72. The van der Waals surface area contributed by atoms with E-state index in [0.717, 1.165) is 70.3 Å². The molecule has 0 spiro atoms. The SMILES string of the molecule is CCNC(=NCCS(=O)(=O)NCC1CCCCO1)NC1CCN(C2CC2)CC1. The van der Waals surface area contributed by atoms with Crippen LogP contribution in [0.5, 0.6) is 0 Å². The van der Waals surface area contributed by atoms with Crippen LogP contribution in [0.4, 0.5) is 0 Å². The second-order valence-electron chi connectivity index (χ2n) is 8.10. The summed E-state index contributed by atoms with van der Waals surface area (Å²) in [6.07, 6.45) is 8.05. The van der Waals surface area contributed by atoms with Gasteiger partial charge in [0.1, 0.15) is 0 Å². The van der Waals surface area contributed by atoms with Crippen molar-refractivity contribution in [1.29, 1.82) is 0 Å². The molecular formula is C19H37N5O3S. The first-order valence-corrected chi connectivity index (χ1v) is 12.6. The van der Waals surface area contributed by atoms with E-state index in [1.165, 1.54) is 12.8 Å². The van der Waals surface area contributed by atoms with Crippen molar-refractivity contribution in [3.8, 4) is 0 Å². The Balaban J connectivity index is 1.39. The van der Waals surface area contributed by atoms with Crippen molar-refractivity contribution in [3.63, 3.8) is 0 Å². The van der Waals surface area contributed by atoms with E-state index in [1.807, 2.05) is 6.92 Å². The lowest BCUT2D eigenvalue weighted by Gasteiger charge is -2.33. The molecule has 2 heterocycles. The van der Waals surface area contributed by atoms with Gasteiger partial charge < -0.3 is 20.3 Å². The van der Waals surface area contributed by atoms with E-state index in [4.69, 9.17) is 4.74 Å². The lowest BCUT2D eigenvalue weighted by atomic mass is 10.1. The van der Waals surface area contributed by atoms with E-state index in [2.05, 4.69) is 25.2 Å². The van der Waals surface area contributed by atoms with Gasteiger partial charge in [-0.3, -0.25) is 4.99 Å². The lowest BCUT2D eigenvalue weighted by molar-refractivity contribution is 0.0200. The summed E-state index contributed by atoms with van der Waals surface area (Å²) in [5.41, 5.74) is 0. The van der Waals surface area contributed by atoms with Crippen LogP contribution in [-0.2, 0) is 14.8 Å². The molecule has 8 nitrogen and oxygen atoms in total. The Kier molecular flexibility index (Phi) is 8.37. The first kappa shape index (κ1) is 21.8. The zero-order valence-corrected chi connectivity index (χ0v) is 18.0. The maximum Gasteiger partial charge on any atom is 0.213 e. The van der Waals surface area contributed by atoms with Crippen molar-refractivity contribution in [2.45, 2.75) is 70.1 Å². The first-order valence-electron chi connectivity index (χ1n) is 10.9. The third-order valence-corrected chi connectivity index (χ3v) is 7.04. The average molecular weight is 416 g/mol. The fraction of sp³-hybridized carbons (Fsp3) is 0.947. The Hall–Kier alpha value is -0.900. The van der Waals surface area contributed by atoms with Crippen molar-refractivity contribution in [2.24, 2.45) is 4.99 Å². The molecule has 1 unspecified atom stereocenters. The highest BCUT2D eigenvalue weighted by atomic mass is 32.2. The fourth-order valence-corrected chi connectivity index (χ4v) is 4.82. The Labute approximate surface area is 169 Å². The van der Waals surface area contributed by atoms with E-state index < -0.39 is 10.0 Å². The van der Waals surface area contributed by atoms with E-state index in [0.29, 0.717) is 12.6 Å². The molecule has 3 N–H and O–H groups in total. The van der Waals surface area contributed by atoms with Gasteiger partial charge in [0.05, 0.1) is 18.4 Å². The molecular weight excluding hydrogens is 378 g/mol. The van der Waals surface area contributed by atoms with Crippen molar-refractivity contribution < 1.29 is 13.2 Å². The highest BCUT2D eigenvalue weighted by molar-refractivity contribution is 7.89. The van der Waals surface area contributed by atoms with Gasteiger partial charge in [-0.1, -0.05) is 0 Å². The monoisotopic (exact) mass is 415 g/mol. The minimum atomic E-state index is -3.33. The number of hydrogen-bond donors (Lipinski definition) is 3. The van der Waals surface area contributed by atoms with Gasteiger partial charge in [-0.05, 0) is 51.9 Å². The van der Waals surface area contributed by atoms with Crippen LogP contribution in [0.25, 0.3) is 0 Å². The molecule has 1 atom stereocenters. The second kappa shape index (κ2) is 10.8. The van der Waals surface area contributed by atoms with Crippen LogP contribution in [-0.4, -0.2) is 82.5 Å². The van der Waals surface area contributed by atoms with Crippen LogP contribution in [0.3, 0.4) is 0 Å². The number of rotatable bonds is 9. The Morgan fingerprint density at radius 1 is 1.14 bits per heavy atom. The number of aliphatic imine (C=N–C) groups is 1. The Morgan fingerprint density at radius 3 is 2.57 bits per heavy atom. The smallest absolute Gasteiger partial charge is 0.213 e. The van der Waals surface area contributed by atoms with E-state index in [1.54, 1.807) is 0 Å². The number of guanidine groups is 1. The molecule has 0 radical (unpaired) electrons. The van der Waals surface area contributed by atoms with Crippen LogP contribution >= 0.6 is 0 Å². The van der Waals surface area contributed by atoms with Gasteiger partial charge in [-0.25, -0.2) is 13.1 Å². The minimum absolute atomic E-state index is 0.00355. The quantitative estimate of drug-likeness (QED) is 0.378. The summed E-state index contributed by atoms with van der Waals surface area (Å²) in [6.45, 7) is 6.41. The highest BCUT2D eigenvalue weighted by Crippen LogP contribution is 2.29. The molecule has 3 rings (SSSR count). The predicted octanol–water partition coefficient (Wildman–Crippen LogP) is 0.657. The van der Waals surface area contributed by atoms with Crippen LogP contribution in [0.15, 0.2) is 4.99 Å². The summed E-state index contributed by atoms with van der Waals surface area (Å²) < 4.78 is 32.7. The van der Waals surface area contributed by atoms with Crippen LogP contribution in [0.2, 0.25) is 0 Å². The van der Waals surface area contributed by atoms with Crippen molar-refractivity contribution >= 4 is 16.0 Å². The molecule has 0 aromatic carbocycles. The van der Waals surface area contributed by atoms with Gasteiger partial charge in [0.2, 0.25) is 10.0 Å². The molecule has 0 aromatic heterocycles. The summed E-state index contributed by atoms with van der Waals surface area (Å²) in [4.78, 5) is 7.08. The topological polar surface area (TPSA) is 95.1 Å². The molecule has 162 valence electrons. The third kappa shape index (κ3) is 7.50. The van der Waals surface area contributed by atoms with Gasteiger partial charge in [0, 0.05) is 44.9 Å².